The van der Waals surface area contributed by atoms with Crippen molar-refractivity contribution in [1.82, 2.24) is 24.3 Å². The van der Waals surface area contributed by atoms with Crippen molar-refractivity contribution < 1.29 is 4.79 Å². The summed E-state index contributed by atoms with van der Waals surface area (Å²) in [5, 5.41) is 3.51. The lowest BCUT2D eigenvalue weighted by molar-refractivity contribution is 0.0952. The maximum absolute atomic E-state index is 13.1. The van der Waals surface area contributed by atoms with Crippen LogP contribution in [0.2, 0.25) is 0 Å². The van der Waals surface area contributed by atoms with E-state index < -0.39 is 0 Å². The van der Waals surface area contributed by atoms with E-state index in [0.29, 0.717) is 34.6 Å². The molecule has 0 fully saturated rings. The summed E-state index contributed by atoms with van der Waals surface area (Å²) in [6, 6.07) is 9.22. The number of carbonyl (C=O) groups is 1. The van der Waals surface area contributed by atoms with Crippen molar-refractivity contribution in [3.63, 3.8) is 0 Å². The van der Waals surface area contributed by atoms with Gasteiger partial charge >= 0.3 is 0 Å². The number of nitrogens with zero attached hydrogens (tertiary/aromatic N) is 4. The van der Waals surface area contributed by atoms with E-state index in [-0.39, 0.29) is 36.3 Å². The van der Waals surface area contributed by atoms with Crippen LogP contribution < -0.4 is 10.9 Å². The van der Waals surface area contributed by atoms with Crippen LogP contribution >= 0.6 is 24.8 Å². The number of hydrogen-bond donors (Lipinski definition) is 1. The molecule has 0 saturated heterocycles. The molecule has 0 unspecified atom stereocenters. The van der Waals surface area contributed by atoms with Crippen LogP contribution in [0.15, 0.2) is 53.7 Å². The van der Waals surface area contributed by atoms with E-state index in [4.69, 9.17) is 0 Å². The van der Waals surface area contributed by atoms with E-state index in [0.717, 1.165) is 30.8 Å². The van der Waals surface area contributed by atoms with Gasteiger partial charge in [0.25, 0.3) is 11.5 Å². The maximum Gasteiger partial charge on any atom is 0.265 e. The zero-order valence-corrected chi connectivity index (χ0v) is 20.6. The van der Waals surface area contributed by atoms with Gasteiger partial charge in [0.2, 0.25) is 0 Å². The second-order valence-electron chi connectivity index (χ2n) is 8.13. The number of halogens is 2. The SMILES string of the molecule is Cc1nccn1CCCCNC(=O)c1ccc2nc3ccc(C(C)C)cc3c(=O)n2c1.Cl.Cl. The quantitative estimate of drug-likeness (QED) is 0.305. The van der Waals surface area contributed by atoms with Crippen LogP contribution in [0.4, 0.5) is 0 Å². The molecule has 1 aromatic carbocycles. The summed E-state index contributed by atoms with van der Waals surface area (Å²) in [4.78, 5) is 34.4. The lowest BCUT2D eigenvalue weighted by Gasteiger charge is -2.10. The molecule has 0 aliphatic carbocycles. The second kappa shape index (κ2) is 11.3. The van der Waals surface area contributed by atoms with Crippen molar-refractivity contribution in [1.29, 1.82) is 0 Å². The third kappa shape index (κ3) is 5.72. The summed E-state index contributed by atoms with van der Waals surface area (Å²) < 4.78 is 3.56. The van der Waals surface area contributed by atoms with Gasteiger partial charge in [-0.25, -0.2) is 9.97 Å². The first-order valence-corrected chi connectivity index (χ1v) is 10.7. The van der Waals surface area contributed by atoms with Gasteiger partial charge in [-0.3, -0.25) is 14.0 Å². The van der Waals surface area contributed by atoms with Crippen molar-refractivity contribution in [2.75, 3.05) is 6.54 Å². The van der Waals surface area contributed by atoms with Crippen molar-refractivity contribution in [3.8, 4) is 0 Å². The minimum atomic E-state index is -0.191. The van der Waals surface area contributed by atoms with Crippen molar-refractivity contribution in [3.05, 3.63) is 76.2 Å². The van der Waals surface area contributed by atoms with E-state index >= 15 is 0 Å². The lowest BCUT2D eigenvalue weighted by Crippen LogP contribution is -2.26. The Morgan fingerprint density at radius 3 is 2.61 bits per heavy atom. The average molecular weight is 490 g/mol. The molecule has 0 aliphatic heterocycles. The monoisotopic (exact) mass is 489 g/mol. The number of benzene rings is 1. The molecule has 176 valence electrons. The molecule has 7 nitrogen and oxygen atoms in total. The normalized spacial score (nSPS) is 10.8. The summed E-state index contributed by atoms with van der Waals surface area (Å²) in [7, 11) is 0. The van der Waals surface area contributed by atoms with Crippen LogP contribution in [0.5, 0.6) is 0 Å². The number of unbranched alkanes of at least 4 members (excludes halogenated alkanes) is 1. The number of carbonyl (C=O) groups excluding carboxylic acids is 1. The Morgan fingerprint density at radius 2 is 1.91 bits per heavy atom. The summed E-state index contributed by atoms with van der Waals surface area (Å²) >= 11 is 0. The summed E-state index contributed by atoms with van der Waals surface area (Å²) in [6.07, 6.45) is 7.14. The van der Waals surface area contributed by atoms with Crippen LogP contribution in [0, 0.1) is 6.92 Å². The molecular formula is C24H29Cl2N5O2. The van der Waals surface area contributed by atoms with Gasteiger partial charge < -0.3 is 9.88 Å². The zero-order valence-electron chi connectivity index (χ0n) is 18.9. The number of imidazole rings is 1. The number of amides is 1. The zero-order chi connectivity index (χ0) is 22.0. The van der Waals surface area contributed by atoms with Gasteiger partial charge in [-0.05, 0) is 55.5 Å². The van der Waals surface area contributed by atoms with Gasteiger partial charge in [-0.2, -0.15) is 0 Å². The summed E-state index contributed by atoms with van der Waals surface area (Å²) in [5.74, 6) is 1.12. The number of pyridine rings is 1. The van der Waals surface area contributed by atoms with Gasteiger partial charge in [0.15, 0.2) is 0 Å². The van der Waals surface area contributed by atoms with Crippen LogP contribution in [-0.4, -0.2) is 31.4 Å². The van der Waals surface area contributed by atoms with Crippen molar-refractivity contribution >= 4 is 47.3 Å². The predicted molar refractivity (Wildman–Crippen MR) is 136 cm³/mol. The highest BCUT2D eigenvalue weighted by molar-refractivity contribution is 5.94. The molecule has 0 saturated carbocycles. The number of nitrogens with one attached hydrogen (secondary N) is 1. The Labute approximate surface area is 205 Å². The number of aryl methyl sites for hydroxylation is 2. The summed E-state index contributed by atoms with van der Waals surface area (Å²) in [5.41, 5.74) is 2.57. The van der Waals surface area contributed by atoms with Gasteiger partial charge in [-0.15, -0.1) is 24.8 Å². The van der Waals surface area contributed by atoms with E-state index in [1.54, 1.807) is 24.5 Å². The fourth-order valence-electron chi connectivity index (χ4n) is 3.67. The molecule has 33 heavy (non-hydrogen) atoms. The van der Waals surface area contributed by atoms with E-state index in [1.807, 2.05) is 31.3 Å². The van der Waals surface area contributed by atoms with Gasteiger partial charge in [0, 0.05) is 31.7 Å². The van der Waals surface area contributed by atoms with E-state index in [9.17, 15) is 9.59 Å². The molecule has 3 heterocycles. The standard InChI is InChI=1S/C24H27N5O2.2ClH/c1-16(2)18-6-8-21-20(14-18)24(31)29-15-19(7-9-22(29)27-21)23(30)26-10-4-5-12-28-13-11-25-17(28)3;;/h6-9,11,13-16H,4-5,10,12H2,1-3H3,(H,26,30);2*1H. The molecule has 0 radical (unpaired) electrons. The van der Waals surface area contributed by atoms with Crippen LogP contribution in [0.3, 0.4) is 0 Å². The largest absolute Gasteiger partial charge is 0.352 e. The van der Waals surface area contributed by atoms with Crippen LogP contribution in [0.1, 0.15) is 54.4 Å². The smallest absolute Gasteiger partial charge is 0.265 e. The minimum Gasteiger partial charge on any atom is -0.352 e. The Balaban J connectivity index is 0.00000193. The average Bonchev–Trinajstić information content (AvgIpc) is 3.17. The molecule has 0 bridgehead atoms. The highest BCUT2D eigenvalue weighted by Gasteiger charge is 2.11. The topological polar surface area (TPSA) is 81.3 Å². The molecule has 4 aromatic rings. The van der Waals surface area contributed by atoms with E-state index in [1.165, 1.54) is 4.40 Å². The Hall–Kier alpha value is -2.90. The summed E-state index contributed by atoms with van der Waals surface area (Å²) in [6.45, 7) is 7.61. The van der Waals surface area contributed by atoms with Crippen LogP contribution in [0.25, 0.3) is 16.6 Å². The Bertz CT molecular complexity index is 1310. The molecule has 4 rings (SSSR count). The first-order valence-electron chi connectivity index (χ1n) is 10.7. The highest BCUT2D eigenvalue weighted by Crippen LogP contribution is 2.19. The van der Waals surface area contributed by atoms with Gasteiger partial charge in [0.05, 0.1) is 16.5 Å². The number of aromatic nitrogens is 4. The first-order chi connectivity index (χ1) is 14.9. The minimum absolute atomic E-state index is 0. The molecule has 9 heteroatoms. The molecule has 0 atom stereocenters. The predicted octanol–water partition coefficient (Wildman–Crippen LogP) is 4.53. The third-order valence-electron chi connectivity index (χ3n) is 5.60. The fraction of sp³-hybridized carbons (Fsp3) is 0.333. The lowest BCUT2D eigenvalue weighted by atomic mass is 10.0. The highest BCUT2D eigenvalue weighted by atomic mass is 35.5. The molecule has 1 amide bonds. The molecule has 1 N–H and O–H groups in total. The second-order valence-corrected chi connectivity index (χ2v) is 8.13. The van der Waals surface area contributed by atoms with Gasteiger partial charge in [-0.1, -0.05) is 19.9 Å². The van der Waals surface area contributed by atoms with Gasteiger partial charge in [0.1, 0.15) is 11.5 Å². The number of hydrogen-bond acceptors (Lipinski definition) is 4. The maximum atomic E-state index is 13.1. The number of rotatable bonds is 7. The van der Waals surface area contributed by atoms with Crippen molar-refractivity contribution in [2.24, 2.45) is 0 Å². The Morgan fingerprint density at radius 1 is 1.12 bits per heavy atom. The molecular weight excluding hydrogens is 461 g/mol. The van der Waals surface area contributed by atoms with Crippen molar-refractivity contribution in [2.45, 2.75) is 46.1 Å². The number of fused-ring (bicyclic) bond motifs is 2. The Kier molecular flexibility index (Phi) is 9.02. The molecule has 3 aromatic heterocycles. The fourth-order valence-corrected chi connectivity index (χ4v) is 3.67. The first kappa shape index (κ1) is 26.4. The third-order valence-corrected chi connectivity index (χ3v) is 5.60. The van der Waals surface area contributed by atoms with Crippen LogP contribution in [-0.2, 0) is 6.54 Å². The molecule has 0 aliphatic rings. The molecule has 0 spiro atoms. The van der Waals surface area contributed by atoms with E-state index in [2.05, 4.69) is 33.7 Å².